The first-order valence-electron chi connectivity index (χ1n) is 5.61. The zero-order valence-corrected chi connectivity index (χ0v) is 10.1. The van der Waals surface area contributed by atoms with Gasteiger partial charge in [0, 0.05) is 12.6 Å². The van der Waals surface area contributed by atoms with Crippen molar-refractivity contribution < 1.29 is 0 Å². The Morgan fingerprint density at radius 2 is 2.12 bits per heavy atom. The minimum Gasteiger partial charge on any atom is -0.368 e. The molecule has 1 aromatic heterocycles. The van der Waals surface area contributed by atoms with E-state index in [0.29, 0.717) is 11.8 Å². The van der Waals surface area contributed by atoms with E-state index in [0.717, 1.165) is 18.5 Å². The van der Waals surface area contributed by atoms with Crippen molar-refractivity contribution in [3.63, 3.8) is 0 Å². The molecule has 1 aromatic carbocycles. The van der Waals surface area contributed by atoms with Crippen molar-refractivity contribution in [1.82, 2.24) is 20.1 Å². The second-order valence-electron chi connectivity index (χ2n) is 3.93. The topological polar surface area (TPSA) is 68.8 Å². The molecular formula is C12H17N5. The minimum atomic E-state index is 0.434. The average Bonchev–Trinajstić information content (AvgIpc) is 2.67. The molecule has 0 amide bonds. The Kier molecular flexibility index (Phi) is 3.39. The molecule has 0 spiro atoms. The second kappa shape index (κ2) is 4.97. The van der Waals surface area contributed by atoms with E-state index >= 15 is 0 Å². The summed E-state index contributed by atoms with van der Waals surface area (Å²) in [6.45, 7) is 0.930. The summed E-state index contributed by atoms with van der Waals surface area (Å²) in [6.07, 6.45) is 0.949. The number of likely N-dealkylation sites (N-methyl/N-ethyl adjacent to an activating group) is 1. The first-order chi connectivity index (χ1) is 8.22. The molecule has 0 bridgehead atoms. The van der Waals surface area contributed by atoms with Crippen LogP contribution < -0.4 is 11.1 Å². The van der Waals surface area contributed by atoms with Gasteiger partial charge in [-0.05, 0) is 25.6 Å². The van der Waals surface area contributed by atoms with Crippen molar-refractivity contribution in [3.8, 4) is 11.4 Å². The van der Waals surface area contributed by atoms with E-state index in [1.54, 1.807) is 11.7 Å². The quantitative estimate of drug-likeness (QED) is 0.817. The molecule has 1 heterocycles. The van der Waals surface area contributed by atoms with Gasteiger partial charge in [-0.25, -0.2) is 4.68 Å². The van der Waals surface area contributed by atoms with Crippen LogP contribution in [-0.2, 0) is 13.5 Å². The Labute approximate surface area is 101 Å². The van der Waals surface area contributed by atoms with Gasteiger partial charge in [-0.3, -0.25) is 0 Å². The number of aryl methyl sites for hydroxylation is 1. The fourth-order valence-electron chi connectivity index (χ4n) is 1.73. The van der Waals surface area contributed by atoms with Crippen molar-refractivity contribution in [2.24, 2.45) is 7.05 Å². The Bertz CT molecular complexity index is 484. The summed E-state index contributed by atoms with van der Waals surface area (Å²) in [5, 5.41) is 7.45. The van der Waals surface area contributed by atoms with Crippen LogP contribution in [0, 0.1) is 0 Å². The Morgan fingerprint density at radius 1 is 1.35 bits per heavy atom. The van der Waals surface area contributed by atoms with Gasteiger partial charge >= 0.3 is 0 Å². The minimum absolute atomic E-state index is 0.434. The highest BCUT2D eigenvalue weighted by Gasteiger charge is 2.10. The summed E-state index contributed by atoms with van der Waals surface area (Å²) >= 11 is 0. The highest BCUT2D eigenvalue weighted by atomic mass is 15.4. The largest absolute Gasteiger partial charge is 0.368 e. The second-order valence-corrected chi connectivity index (χ2v) is 3.93. The molecule has 0 aliphatic rings. The summed E-state index contributed by atoms with van der Waals surface area (Å²) in [7, 11) is 3.74. The standard InChI is InChI=1S/C12H17N5/c1-14-8-7-9-5-3-4-6-10(9)11-15-12(13)17(2)16-11/h3-6,14H,7-8H2,1-2H3,(H2,13,15,16). The molecule has 90 valence electrons. The zero-order chi connectivity index (χ0) is 12.3. The molecule has 3 N–H and O–H groups in total. The van der Waals surface area contributed by atoms with Crippen LogP contribution in [-0.4, -0.2) is 28.4 Å². The molecule has 2 rings (SSSR count). The van der Waals surface area contributed by atoms with Gasteiger partial charge in [-0.2, -0.15) is 4.98 Å². The van der Waals surface area contributed by atoms with Gasteiger partial charge in [0.05, 0.1) is 0 Å². The van der Waals surface area contributed by atoms with Crippen molar-refractivity contribution >= 4 is 5.95 Å². The van der Waals surface area contributed by atoms with Crippen molar-refractivity contribution in [2.45, 2.75) is 6.42 Å². The van der Waals surface area contributed by atoms with E-state index in [1.165, 1.54) is 5.56 Å². The molecule has 17 heavy (non-hydrogen) atoms. The van der Waals surface area contributed by atoms with Crippen LogP contribution in [0.15, 0.2) is 24.3 Å². The smallest absolute Gasteiger partial charge is 0.218 e. The highest BCUT2D eigenvalue weighted by Crippen LogP contribution is 2.21. The maximum Gasteiger partial charge on any atom is 0.218 e. The van der Waals surface area contributed by atoms with Gasteiger partial charge in [0.15, 0.2) is 5.82 Å². The number of nitrogens with two attached hydrogens (primary N) is 1. The molecule has 0 radical (unpaired) electrons. The lowest BCUT2D eigenvalue weighted by Gasteiger charge is -2.05. The maximum absolute atomic E-state index is 5.71. The number of anilines is 1. The summed E-state index contributed by atoms with van der Waals surface area (Å²) in [5.74, 6) is 1.13. The molecule has 2 aromatic rings. The van der Waals surface area contributed by atoms with Gasteiger partial charge in [-0.1, -0.05) is 24.3 Å². The number of aromatic nitrogens is 3. The lowest BCUT2D eigenvalue weighted by molar-refractivity contribution is 0.777. The Morgan fingerprint density at radius 3 is 2.76 bits per heavy atom. The first-order valence-corrected chi connectivity index (χ1v) is 5.61. The number of nitrogens with zero attached hydrogens (tertiary/aromatic N) is 3. The first kappa shape index (κ1) is 11.6. The molecular weight excluding hydrogens is 214 g/mol. The van der Waals surface area contributed by atoms with Crippen LogP contribution in [0.4, 0.5) is 5.95 Å². The lowest BCUT2D eigenvalue weighted by Crippen LogP contribution is -2.11. The summed E-state index contributed by atoms with van der Waals surface area (Å²) < 4.78 is 1.59. The van der Waals surface area contributed by atoms with E-state index in [-0.39, 0.29) is 0 Å². The third kappa shape index (κ3) is 2.45. The number of hydrogen-bond donors (Lipinski definition) is 2. The van der Waals surface area contributed by atoms with Crippen LogP contribution in [0.2, 0.25) is 0 Å². The van der Waals surface area contributed by atoms with Crippen molar-refractivity contribution in [1.29, 1.82) is 0 Å². The van der Waals surface area contributed by atoms with Gasteiger partial charge in [0.1, 0.15) is 0 Å². The Hall–Kier alpha value is -1.88. The predicted molar refractivity (Wildman–Crippen MR) is 68.5 cm³/mol. The van der Waals surface area contributed by atoms with Crippen LogP contribution in [0.3, 0.4) is 0 Å². The lowest BCUT2D eigenvalue weighted by atomic mass is 10.0. The van der Waals surface area contributed by atoms with Crippen molar-refractivity contribution in [3.05, 3.63) is 29.8 Å². The van der Waals surface area contributed by atoms with Crippen molar-refractivity contribution in [2.75, 3.05) is 19.3 Å². The molecule has 5 nitrogen and oxygen atoms in total. The number of benzene rings is 1. The number of nitrogen functional groups attached to an aromatic ring is 1. The Balaban J connectivity index is 2.37. The van der Waals surface area contributed by atoms with Gasteiger partial charge < -0.3 is 11.1 Å². The monoisotopic (exact) mass is 231 g/mol. The summed E-state index contributed by atoms with van der Waals surface area (Å²) in [5.41, 5.74) is 7.99. The molecule has 5 heteroatoms. The van der Waals surface area contributed by atoms with E-state index in [2.05, 4.69) is 21.5 Å². The zero-order valence-electron chi connectivity index (χ0n) is 10.1. The maximum atomic E-state index is 5.71. The van der Waals surface area contributed by atoms with Gasteiger partial charge in [0.2, 0.25) is 5.95 Å². The number of nitrogens with one attached hydrogen (secondary N) is 1. The molecule has 0 saturated carbocycles. The number of hydrogen-bond acceptors (Lipinski definition) is 4. The fraction of sp³-hybridized carbons (Fsp3) is 0.333. The van der Waals surface area contributed by atoms with Crippen LogP contribution in [0.5, 0.6) is 0 Å². The van der Waals surface area contributed by atoms with E-state index in [1.807, 2.05) is 25.2 Å². The van der Waals surface area contributed by atoms with E-state index in [9.17, 15) is 0 Å². The van der Waals surface area contributed by atoms with Crippen LogP contribution >= 0.6 is 0 Å². The molecule has 0 unspecified atom stereocenters. The van der Waals surface area contributed by atoms with E-state index < -0.39 is 0 Å². The third-order valence-electron chi connectivity index (χ3n) is 2.70. The summed E-state index contributed by atoms with van der Waals surface area (Å²) in [6, 6.07) is 8.14. The van der Waals surface area contributed by atoms with Gasteiger partial charge in [-0.15, -0.1) is 5.10 Å². The summed E-state index contributed by atoms with van der Waals surface area (Å²) in [4.78, 5) is 4.26. The fourth-order valence-corrected chi connectivity index (χ4v) is 1.73. The normalized spacial score (nSPS) is 10.7. The molecule has 0 fully saturated rings. The van der Waals surface area contributed by atoms with E-state index in [4.69, 9.17) is 5.73 Å². The SMILES string of the molecule is CNCCc1ccccc1-c1nc(N)n(C)n1. The third-order valence-corrected chi connectivity index (χ3v) is 2.70. The predicted octanol–water partition coefficient (Wildman–Crippen LogP) is 0.826. The van der Waals surface area contributed by atoms with Crippen LogP contribution in [0.25, 0.3) is 11.4 Å². The highest BCUT2D eigenvalue weighted by molar-refractivity contribution is 5.61. The number of rotatable bonds is 4. The average molecular weight is 231 g/mol. The molecule has 0 aliphatic heterocycles. The molecule has 0 aliphatic carbocycles. The van der Waals surface area contributed by atoms with Crippen LogP contribution in [0.1, 0.15) is 5.56 Å². The molecule has 0 atom stereocenters. The molecule has 0 saturated heterocycles. The van der Waals surface area contributed by atoms with Gasteiger partial charge in [0.25, 0.3) is 0 Å².